The minimum atomic E-state index is -2.36. The van der Waals surface area contributed by atoms with Gasteiger partial charge >= 0.3 is 0 Å². The monoisotopic (exact) mass is 710 g/mol. The predicted molar refractivity (Wildman–Crippen MR) is 206 cm³/mol. The maximum atomic E-state index is 11.8. The number of benzene rings is 1. The number of halogens is 1. The van der Waals surface area contributed by atoms with Gasteiger partial charge < -0.3 is 5.32 Å². The number of nitrogens with zero attached hydrogens (tertiary/aromatic N) is 1. The van der Waals surface area contributed by atoms with Crippen molar-refractivity contribution in [2.45, 2.75) is 105 Å². The minimum Gasteiger partial charge on any atom is -0.310 e. The molecule has 49 heavy (non-hydrogen) atoms. The van der Waals surface area contributed by atoms with Gasteiger partial charge in [-0.05, 0) is 151 Å². The third-order valence-corrected chi connectivity index (χ3v) is 18.3. The van der Waals surface area contributed by atoms with E-state index in [2.05, 4.69) is 76.5 Å². The largest absolute Gasteiger partial charge is 0.310 e. The first-order chi connectivity index (χ1) is 23.0. The van der Waals surface area contributed by atoms with Crippen molar-refractivity contribution < 1.29 is 13.9 Å². The highest BCUT2D eigenvalue weighted by Gasteiger charge is 2.70. The molecular formula is C42H63ClN2O3S. The van der Waals surface area contributed by atoms with Crippen LogP contribution in [-0.4, -0.2) is 62.5 Å². The Labute approximate surface area is 303 Å². The number of carbonyl (C=O) groups excluding carboxylic acids is 1. The molecule has 0 amide bonds. The van der Waals surface area contributed by atoms with Crippen LogP contribution in [0.1, 0.15) is 115 Å². The molecule has 0 spiro atoms. The molecule has 4 saturated carbocycles. The van der Waals surface area contributed by atoms with E-state index in [-0.39, 0.29) is 16.4 Å². The Balaban J connectivity index is 1.14. The maximum absolute atomic E-state index is 11.8. The Bertz CT molecular complexity index is 1500. The SMILES string of the molecule is C=C(C)[C@@H]1CC[C@]2(NCCN3CCS(O)(O)CC3)CC[C@]3(C)[C@H](CC[C@@H]4[C@@]5(C)CC=C(c6ccc(C(=O)Cl)cc6)C(C)(C)[C@@H]5CC[C@]43C)[C@@H]12. The van der Waals surface area contributed by atoms with E-state index in [4.69, 9.17) is 11.6 Å². The lowest BCUT2D eigenvalue weighted by Gasteiger charge is -2.72. The van der Waals surface area contributed by atoms with Gasteiger partial charge in [0.05, 0.1) is 11.5 Å². The molecule has 5 aliphatic carbocycles. The van der Waals surface area contributed by atoms with Gasteiger partial charge in [-0.1, -0.05) is 65.0 Å². The first-order valence-electron chi connectivity index (χ1n) is 19.3. The van der Waals surface area contributed by atoms with Gasteiger partial charge in [0.15, 0.2) is 0 Å². The molecule has 0 radical (unpaired) electrons. The molecule has 1 aromatic carbocycles. The quantitative estimate of drug-likeness (QED) is 0.194. The number of allylic oxidation sites excluding steroid dienone is 3. The summed E-state index contributed by atoms with van der Waals surface area (Å²) in [6, 6.07) is 7.99. The Morgan fingerprint density at radius 3 is 2.29 bits per heavy atom. The lowest BCUT2D eigenvalue weighted by atomic mass is 9.33. The van der Waals surface area contributed by atoms with E-state index in [9.17, 15) is 13.9 Å². The van der Waals surface area contributed by atoms with Gasteiger partial charge in [-0.2, -0.15) is 10.6 Å². The van der Waals surface area contributed by atoms with Gasteiger partial charge in [0.1, 0.15) is 0 Å². The number of hydrogen-bond donors (Lipinski definition) is 3. The van der Waals surface area contributed by atoms with Crippen LogP contribution >= 0.6 is 22.2 Å². The average Bonchev–Trinajstić information content (AvgIpc) is 3.42. The first kappa shape index (κ1) is 36.2. The fraction of sp³-hybridized carbons (Fsp3) is 0.738. The molecule has 7 heteroatoms. The van der Waals surface area contributed by atoms with E-state index in [1.807, 2.05) is 12.1 Å². The van der Waals surface area contributed by atoms with Crippen molar-refractivity contribution in [2.24, 2.45) is 51.2 Å². The highest BCUT2D eigenvalue weighted by molar-refractivity contribution is 8.24. The second kappa shape index (κ2) is 12.5. The summed E-state index contributed by atoms with van der Waals surface area (Å²) < 4.78 is 20.2. The topological polar surface area (TPSA) is 72.8 Å². The molecule has 5 nitrogen and oxygen atoms in total. The van der Waals surface area contributed by atoms with Gasteiger partial charge in [-0.25, -0.2) is 0 Å². The number of hydrogen-bond acceptors (Lipinski definition) is 5. The zero-order valence-corrected chi connectivity index (χ0v) is 32.7. The van der Waals surface area contributed by atoms with Crippen LogP contribution < -0.4 is 5.32 Å². The zero-order chi connectivity index (χ0) is 35.2. The highest BCUT2D eigenvalue weighted by atomic mass is 35.5. The molecule has 1 aliphatic heterocycles. The highest BCUT2D eigenvalue weighted by Crippen LogP contribution is 2.76. The summed E-state index contributed by atoms with van der Waals surface area (Å²) in [6.07, 6.45) is 14.0. The van der Waals surface area contributed by atoms with Crippen LogP contribution in [0.15, 0.2) is 42.5 Å². The molecule has 7 rings (SSSR count). The minimum absolute atomic E-state index is 0.0478. The molecule has 5 fully saturated rings. The van der Waals surface area contributed by atoms with Crippen LogP contribution in [-0.2, 0) is 0 Å². The van der Waals surface area contributed by atoms with E-state index in [0.29, 0.717) is 57.5 Å². The van der Waals surface area contributed by atoms with E-state index in [1.54, 1.807) is 0 Å². The van der Waals surface area contributed by atoms with Gasteiger partial charge in [0.2, 0.25) is 0 Å². The summed E-state index contributed by atoms with van der Waals surface area (Å²) in [5, 5.41) is 3.85. The molecule has 0 aromatic heterocycles. The van der Waals surface area contributed by atoms with Crippen LogP contribution in [0.4, 0.5) is 0 Å². The van der Waals surface area contributed by atoms with Crippen LogP contribution in [0.2, 0.25) is 0 Å². The Hall–Kier alpha value is -1.15. The van der Waals surface area contributed by atoms with Crippen LogP contribution in [0, 0.1) is 51.2 Å². The van der Waals surface area contributed by atoms with Crippen molar-refractivity contribution in [3.05, 3.63) is 53.6 Å². The van der Waals surface area contributed by atoms with Crippen molar-refractivity contribution in [2.75, 3.05) is 37.7 Å². The third kappa shape index (κ3) is 5.68. The van der Waals surface area contributed by atoms with Crippen molar-refractivity contribution >= 4 is 33.0 Å². The summed E-state index contributed by atoms with van der Waals surface area (Å²) in [6.45, 7) is 23.6. The van der Waals surface area contributed by atoms with E-state index < -0.39 is 15.8 Å². The fourth-order valence-electron chi connectivity index (χ4n) is 13.8. The van der Waals surface area contributed by atoms with Gasteiger partial charge in [-0.15, -0.1) is 0 Å². The molecule has 0 bridgehead atoms. The Morgan fingerprint density at radius 1 is 0.939 bits per heavy atom. The number of nitrogens with one attached hydrogen (secondary N) is 1. The van der Waals surface area contributed by atoms with Crippen LogP contribution in [0.25, 0.3) is 5.57 Å². The summed E-state index contributed by atoms with van der Waals surface area (Å²) in [5.41, 5.74) is 5.72. The summed E-state index contributed by atoms with van der Waals surface area (Å²) in [4.78, 5) is 14.2. The number of rotatable bonds is 7. The first-order valence-corrected chi connectivity index (χ1v) is 21.6. The van der Waals surface area contributed by atoms with Crippen LogP contribution in [0.5, 0.6) is 0 Å². The molecule has 1 heterocycles. The van der Waals surface area contributed by atoms with Crippen molar-refractivity contribution in [1.29, 1.82) is 0 Å². The van der Waals surface area contributed by atoms with E-state index >= 15 is 0 Å². The molecule has 272 valence electrons. The lowest BCUT2D eigenvalue weighted by Crippen LogP contribution is -2.68. The molecule has 1 aromatic rings. The number of carbonyl (C=O) groups is 1. The smallest absolute Gasteiger partial charge is 0.252 e. The molecule has 6 aliphatic rings. The maximum Gasteiger partial charge on any atom is 0.252 e. The molecular weight excluding hydrogens is 648 g/mol. The standard InChI is InChI=1S/C42H63ClN2O3S/c1-28(2)31-14-19-42(44-22-23-45-24-26-49(47,48)27-25-45)21-20-40(6)33(36(31)42)12-13-35-39(5)17-15-32(29-8-10-30(11-9-29)37(43)46)38(3,4)34(39)16-18-41(35,40)7/h8-11,15,31,33-36,44,47-48H,1,12-14,16-27H2,2-7H3/t31-,33+,34-,35+,36+,39-,40+,41+,42-/m0/s1. The molecule has 0 unspecified atom stereocenters. The van der Waals surface area contributed by atoms with Gasteiger partial charge in [-0.3, -0.25) is 18.8 Å². The zero-order valence-electron chi connectivity index (χ0n) is 31.1. The second-order valence-electron chi connectivity index (χ2n) is 18.7. The van der Waals surface area contributed by atoms with Crippen molar-refractivity contribution in [1.82, 2.24) is 10.2 Å². The fourth-order valence-corrected chi connectivity index (χ4v) is 15.2. The third-order valence-electron chi connectivity index (χ3n) is 16.4. The normalized spacial score (nSPS) is 43.3. The average molecular weight is 711 g/mol. The Kier molecular flexibility index (Phi) is 9.22. The molecule has 9 atom stereocenters. The van der Waals surface area contributed by atoms with Crippen molar-refractivity contribution in [3.63, 3.8) is 0 Å². The van der Waals surface area contributed by atoms with Gasteiger partial charge in [0, 0.05) is 37.3 Å². The summed E-state index contributed by atoms with van der Waals surface area (Å²) in [5.74, 6) is 4.29. The lowest BCUT2D eigenvalue weighted by molar-refractivity contribution is -0.219. The second-order valence-corrected chi connectivity index (χ2v) is 21.5. The van der Waals surface area contributed by atoms with E-state index in [0.717, 1.165) is 32.6 Å². The Morgan fingerprint density at radius 2 is 1.63 bits per heavy atom. The predicted octanol–water partition coefficient (Wildman–Crippen LogP) is 10.1. The van der Waals surface area contributed by atoms with Gasteiger partial charge in [0.25, 0.3) is 5.24 Å². The number of fused-ring (bicyclic) bond motifs is 7. The molecule has 3 N–H and O–H groups in total. The van der Waals surface area contributed by atoms with Crippen LogP contribution in [0.3, 0.4) is 0 Å². The summed E-state index contributed by atoms with van der Waals surface area (Å²) in [7, 11) is -2.36. The van der Waals surface area contributed by atoms with Crippen molar-refractivity contribution in [3.8, 4) is 0 Å². The van der Waals surface area contributed by atoms with E-state index in [1.165, 1.54) is 68.1 Å². The summed E-state index contributed by atoms with van der Waals surface area (Å²) >= 11 is 5.79. The molecule has 1 saturated heterocycles.